The Balaban J connectivity index is 3.45. The Morgan fingerprint density at radius 3 is 2.60 bits per heavy atom. The van der Waals surface area contributed by atoms with Gasteiger partial charge < -0.3 is 5.11 Å². The van der Waals surface area contributed by atoms with E-state index in [0.717, 1.165) is 0 Å². The summed E-state index contributed by atoms with van der Waals surface area (Å²) in [6.07, 6.45) is -3.01. The van der Waals surface area contributed by atoms with Crippen molar-refractivity contribution in [3.05, 3.63) is 28.8 Å². The van der Waals surface area contributed by atoms with Gasteiger partial charge in [-0.25, -0.2) is 18.6 Å². The van der Waals surface area contributed by atoms with Gasteiger partial charge in [0, 0.05) is 17.0 Å². The van der Waals surface area contributed by atoms with Gasteiger partial charge in [-0.1, -0.05) is 15.9 Å². The Morgan fingerprint density at radius 2 is 2.20 bits per heavy atom. The minimum atomic E-state index is -3.01. The zero-order valence-corrected chi connectivity index (χ0v) is 8.76. The van der Waals surface area contributed by atoms with E-state index in [4.69, 9.17) is 5.11 Å². The van der Waals surface area contributed by atoms with E-state index in [2.05, 4.69) is 20.9 Å². The summed E-state index contributed by atoms with van der Waals surface area (Å²) >= 11 is 2.86. The van der Waals surface area contributed by atoms with Gasteiger partial charge >= 0.3 is 5.97 Å². The first-order chi connectivity index (χ1) is 6.97. The third-order valence-corrected chi connectivity index (χ3v) is 2.26. The zero-order valence-electron chi connectivity index (χ0n) is 7.18. The van der Waals surface area contributed by atoms with Gasteiger partial charge in [-0.3, -0.25) is 0 Å². The van der Waals surface area contributed by atoms with Crippen LogP contribution in [0.15, 0.2) is 6.07 Å². The van der Waals surface area contributed by atoms with E-state index in [1.807, 2.05) is 0 Å². The van der Waals surface area contributed by atoms with E-state index < -0.39 is 29.6 Å². The molecule has 0 bridgehead atoms. The predicted molar refractivity (Wildman–Crippen MR) is 48.7 cm³/mol. The molecule has 1 aromatic heterocycles. The molecule has 0 fully saturated rings. The number of hydrogen-bond donors (Lipinski definition) is 1. The van der Waals surface area contributed by atoms with Crippen LogP contribution in [0.5, 0.6) is 0 Å². The summed E-state index contributed by atoms with van der Waals surface area (Å²) in [6.45, 7) is 0. The molecule has 0 radical (unpaired) electrons. The summed E-state index contributed by atoms with van der Waals surface area (Å²) in [7, 11) is 0. The van der Waals surface area contributed by atoms with E-state index in [1.165, 1.54) is 0 Å². The molecule has 0 saturated heterocycles. The molecule has 0 amide bonds. The highest BCUT2D eigenvalue weighted by Crippen LogP contribution is 2.26. The second-order valence-electron chi connectivity index (χ2n) is 2.60. The number of pyridine rings is 1. The molecule has 0 aromatic carbocycles. The molecule has 3 nitrogen and oxygen atoms in total. The number of rotatable bonds is 3. The van der Waals surface area contributed by atoms with Crippen LogP contribution in [0.1, 0.15) is 28.0 Å². The maximum absolute atomic E-state index is 12.7. The molecule has 0 aliphatic heterocycles. The Labute approximate surface area is 91.1 Å². The fraction of sp³-hybridized carbons (Fsp3) is 0.250. The second-order valence-corrected chi connectivity index (χ2v) is 3.16. The summed E-state index contributed by atoms with van der Waals surface area (Å²) < 4.78 is 37.5. The first-order valence-electron chi connectivity index (χ1n) is 3.74. The molecular formula is C8H5BrF3NO2. The minimum Gasteiger partial charge on any atom is -0.478 e. The lowest BCUT2D eigenvalue weighted by Gasteiger charge is -2.08. The lowest BCUT2D eigenvalue weighted by atomic mass is 10.1. The van der Waals surface area contributed by atoms with Gasteiger partial charge in [-0.15, -0.1) is 0 Å². The number of aromatic nitrogens is 1. The Kier molecular flexibility index (Phi) is 3.67. The molecule has 1 aromatic rings. The van der Waals surface area contributed by atoms with Crippen LogP contribution in [0, 0.1) is 5.95 Å². The van der Waals surface area contributed by atoms with E-state index >= 15 is 0 Å². The average Bonchev–Trinajstić information content (AvgIpc) is 2.16. The normalized spacial score (nSPS) is 10.7. The Hall–Kier alpha value is -1.11. The maximum Gasteiger partial charge on any atom is 0.336 e. The molecule has 0 atom stereocenters. The van der Waals surface area contributed by atoms with Gasteiger partial charge in [0.15, 0.2) is 0 Å². The second kappa shape index (κ2) is 4.61. The highest BCUT2D eigenvalue weighted by Gasteiger charge is 2.22. The fourth-order valence-corrected chi connectivity index (χ4v) is 1.66. The summed E-state index contributed by atoms with van der Waals surface area (Å²) in [4.78, 5) is 13.6. The van der Waals surface area contributed by atoms with Gasteiger partial charge in [-0.05, 0) is 0 Å². The molecule has 0 aliphatic rings. The van der Waals surface area contributed by atoms with Crippen LogP contribution in [-0.2, 0) is 5.33 Å². The number of halogens is 4. The van der Waals surface area contributed by atoms with Crippen LogP contribution in [0.3, 0.4) is 0 Å². The van der Waals surface area contributed by atoms with Crippen LogP contribution in [0.25, 0.3) is 0 Å². The van der Waals surface area contributed by atoms with Crippen molar-refractivity contribution in [2.75, 3.05) is 0 Å². The number of carbonyl (C=O) groups is 1. The molecule has 1 heterocycles. The molecule has 7 heteroatoms. The number of alkyl halides is 3. The highest BCUT2D eigenvalue weighted by molar-refractivity contribution is 9.08. The summed E-state index contributed by atoms with van der Waals surface area (Å²) in [5.74, 6) is -2.69. The van der Waals surface area contributed by atoms with Crippen LogP contribution in [-0.4, -0.2) is 16.1 Å². The molecule has 0 spiro atoms. The smallest absolute Gasteiger partial charge is 0.336 e. The number of carboxylic acid groups (broad SMARTS) is 1. The first-order valence-corrected chi connectivity index (χ1v) is 4.86. The average molecular weight is 284 g/mol. The summed E-state index contributed by atoms with van der Waals surface area (Å²) in [6, 6.07) is 0.616. The van der Waals surface area contributed by atoms with Crippen molar-refractivity contribution in [3.63, 3.8) is 0 Å². The van der Waals surface area contributed by atoms with Gasteiger partial charge in [0.05, 0.1) is 5.56 Å². The molecule has 0 saturated carbocycles. The topological polar surface area (TPSA) is 50.2 Å². The van der Waals surface area contributed by atoms with Crippen molar-refractivity contribution >= 4 is 21.9 Å². The zero-order chi connectivity index (χ0) is 11.6. The van der Waals surface area contributed by atoms with E-state index in [1.54, 1.807) is 0 Å². The first kappa shape index (κ1) is 12.0. The Morgan fingerprint density at radius 1 is 1.60 bits per heavy atom. The van der Waals surface area contributed by atoms with Crippen molar-refractivity contribution in [1.29, 1.82) is 0 Å². The summed E-state index contributed by atoms with van der Waals surface area (Å²) in [5, 5.41) is 8.54. The van der Waals surface area contributed by atoms with Crippen molar-refractivity contribution in [3.8, 4) is 0 Å². The fourth-order valence-electron chi connectivity index (χ4n) is 1.07. The van der Waals surface area contributed by atoms with Gasteiger partial charge in [0.2, 0.25) is 5.95 Å². The SMILES string of the molecule is O=C(O)c1cc(F)nc(C(F)F)c1CBr. The minimum absolute atomic E-state index is 0.123. The van der Waals surface area contributed by atoms with Crippen LogP contribution < -0.4 is 0 Å². The lowest BCUT2D eigenvalue weighted by molar-refractivity contribution is 0.0694. The van der Waals surface area contributed by atoms with E-state index in [9.17, 15) is 18.0 Å². The largest absolute Gasteiger partial charge is 0.478 e. The van der Waals surface area contributed by atoms with E-state index in [0.29, 0.717) is 6.07 Å². The molecule has 0 aliphatic carbocycles. The number of hydrogen-bond acceptors (Lipinski definition) is 2. The van der Waals surface area contributed by atoms with Gasteiger partial charge in [-0.2, -0.15) is 4.39 Å². The molecule has 0 unspecified atom stereocenters. The highest BCUT2D eigenvalue weighted by atomic mass is 79.9. The van der Waals surface area contributed by atoms with Crippen LogP contribution >= 0.6 is 15.9 Å². The molecule has 1 rings (SSSR count). The number of nitrogens with zero attached hydrogens (tertiary/aromatic N) is 1. The van der Waals surface area contributed by atoms with Crippen molar-refractivity contribution < 1.29 is 23.1 Å². The lowest BCUT2D eigenvalue weighted by Crippen LogP contribution is -2.09. The monoisotopic (exact) mass is 283 g/mol. The number of aromatic carboxylic acids is 1. The van der Waals surface area contributed by atoms with Gasteiger partial charge in [0.1, 0.15) is 5.69 Å². The maximum atomic E-state index is 12.7. The third kappa shape index (κ3) is 2.47. The quantitative estimate of drug-likeness (QED) is 0.686. The summed E-state index contributed by atoms with van der Waals surface area (Å²) in [5.41, 5.74) is -1.56. The van der Waals surface area contributed by atoms with Crippen LogP contribution in [0.2, 0.25) is 0 Å². The Bertz CT molecular complexity index is 398. The molecule has 15 heavy (non-hydrogen) atoms. The molecule has 1 N–H and O–H groups in total. The van der Waals surface area contributed by atoms with Crippen molar-refractivity contribution in [1.82, 2.24) is 4.98 Å². The van der Waals surface area contributed by atoms with E-state index in [-0.39, 0.29) is 10.9 Å². The molecule has 82 valence electrons. The standard InChI is InChI=1S/C8H5BrF3NO2/c9-2-4-3(8(14)15)1-5(10)13-6(4)7(11)12/h1,7H,2H2,(H,14,15). The number of carboxylic acids is 1. The van der Waals surface area contributed by atoms with Gasteiger partial charge in [0.25, 0.3) is 6.43 Å². The van der Waals surface area contributed by atoms with Crippen molar-refractivity contribution in [2.45, 2.75) is 11.8 Å². The van der Waals surface area contributed by atoms with Crippen molar-refractivity contribution in [2.24, 2.45) is 0 Å². The third-order valence-electron chi connectivity index (χ3n) is 1.70. The van der Waals surface area contributed by atoms with Crippen LogP contribution in [0.4, 0.5) is 13.2 Å². The molecular weight excluding hydrogens is 279 g/mol. The predicted octanol–water partition coefficient (Wildman–Crippen LogP) is 2.75.